The van der Waals surface area contributed by atoms with Crippen LogP contribution in [-0.4, -0.2) is 25.0 Å². The fourth-order valence-electron chi connectivity index (χ4n) is 2.42. The van der Waals surface area contributed by atoms with Crippen LogP contribution >= 0.6 is 0 Å². The minimum atomic E-state index is -0.557. The standard InChI is InChI=1S/C20H18N2O6/c1-13-9-20(25)28-17-10-15(7-8-16(13)17)27-12-19(24)22-21-18(23)11-26-14-5-3-2-4-6-14/h2-10H,11-12H2,1H3,(H,21,23)(H,22,24). The maximum atomic E-state index is 11.8. The van der Waals surface area contributed by atoms with Gasteiger partial charge in [0.2, 0.25) is 0 Å². The molecule has 1 heterocycles. The molecule has 3 aromatic rings. The molecule has 0 saturated carbocycles. The van der Waals surface area contributed by atoms with Crippen LogP contribution in [0.25, 0.3) is 11.0 Å². The van der Waals surface area contributed by atoms with E-state index >= 15 is 0 Å². The molecule has 0 unspecified atom stereocenters. The van der Waals surface area contributed by atoms with E-state index in [2.05, 4.69) is 10.9 Å². The first-order valence-corrected chi connectivity index (χ1v) is 8.44. The third kappa shape index (κ3) is 5.10. The van der Waals surface area contributed by atoms with E-state index in [-0.39, 0.29) is 13.2 Å². The second kappa shape index (κ2) is 8.72. The molecule has 0 atom stereocenters. The van der Waals surface area contributed by atoms with Gasteiger partial charge in [-0.05, 0) is 36.8 Å². The van der Waals surface area contributed by atoms with Gasteiger partial charge >= 0.3 is 5.63 Å². The summed E-state index contributed by atoms with van der Waals surface area (Å²) in [6.45, 7) is 1.23. The Morgan fingerprint density at radius 2 is 1.54 bits per heavy atom. The summed E-state index contributed by atoms with van der Waals surface area (Å²) in [7, 11) is 0. The van der Waals surface area contributed by atoms with Gasteiger partial charge in [-0.2, -0.15) is 0 Å². The Balaban J connectivity index is 1.45. The second-order valence-corrected chi connectivity index (χ2v) is 5.89. The number of hydrazine groups is 1. The molecule has 0 aliphatic carbocycles. The van der Waals surface area contributed by atoms with E-state index in [0.29, 0.717) is 17.1 Å². The Labute approximate surface area is 160 Å². The van der Waals surface area contributed by atoms with Crippen molar-refractivity contribution in [3.05, 3.63) is 70.6 Å². The number of aryl methyl sites for hydroxylation is 1. The summed E-state index contributed by atoms with van der Waals surface area (Å²) < 4.78 is 15.7. The van der Waals surface area contributed by atoms with Gasteiger partial charge < -0.3 is 13.9 Å². The van der Waals surface area contributed by atoms with E-state index in [1.165, 1.54) is 12.1 Å². The topological polar surface area (TPSA) is 107 Å². The third-order valence-corrected chi connectivity index (χ3v) is 3.75. The molecule has 0 aliphatic rings. The fourth-order valence-corrected chi connectivity index (χ4v) is 2.42. The zero-order chi connectivity index (χ0) is 19.9. The van der Waals surface area contributed by atoms with Crippen molar-refractivity contribution in [2.24, 2.45) is 0 Å². The molecule has 3 rings (SSSR count). The minimum Gasteiger partial charge on any atom is -0.484 e. The summed E-state index contributed by atoms with van der Waals surface area (Å²) in [6, 6.07) is 15.2. The van der Waals surface area contributed by atoms with E-state index in [1.807, 2.05) is 6.07 Å². The molecule has 8 nitrogen and oxygen atoms in total. The predicted molar refractivity (Wildman–Crippen MR) is 101 cm³/mol. The molecule has 0 fully saturated rings. The number of fused-ring (bicyclic) bond motifs is 1. The van der Waals surface area contributed by atoms with Crippen molar-refractivity contribution in [3.8, 4) is 11.5 Å². The number of hydrogen-bond donors (Lipinski definition) is 2. The molecular formula is C20H18N2O6. The number of hydrogen-bond acceptors (Lipinski definition) is 6. The summed E-state index contributed by atoms with van der Waals surface area (Å²) in [5.74, 6) is -0.167. The van der Waals surface area contributed by atoms with E-state index in [1.54, 1.807) is 43.3 Å². The van der Waals surface area contributed by atoms with Crippen molar-refractivity contribution >= 4 is 22.8 Å². The molecule has 0 spiro atoms. The molecule has 2 amide bonds. The molecule has 2 aromatic carbocycles. The number of ether oxygens (including phenoxy) is 2. The summed E-state index contributed by atoms with van der Waals surface area (Å²) >= 11 is 0. The lowest BCUT2D eigenvalue weighted by Crippen LogP contribution is -2.45. The number of rotatable bonds is 6. The molecule has 0 radical (unpaired) electrons. The summed E-state index contributed by atoms with van der Waals surface area (Å²) in [5, 5.41) is 0.780. The lowest BCUT2D eigenvalue weighted by molar-refractivity contribution is -0.131. The molecule has 144 valence electrons. The lowest BCUT2D eigenvalue weighted by atomic mass is 10.1. The Morgan fingerprint density at radius 3 is 2.21 bits per heavy atom. The highest BCUT2D eigenvalue weighted by molar-refractivity contribution is 5.84. The molecule has 0 saturated heterocycles. The molecule has 0 bridgehead atoms. The normalized spacial score (nSPS) is 10.3. The van der Waals surface area contributed by atoms with Crippen molar-refractivity contribution in [2.45, 2.75) is 6.92 Å². The average Bonchev–Trinajstić information content (AvgIpc) is 2.69. The first-order valence-electron chi connectivity index (χ1n) is 8.44. The molecular weight excluding hydrogens is 364 g/mol. The van der Waals surface area contributed by atoms with Crippen LogP contribution in [-0.2, 0) is 9.59 Å². The number of para-hydroxylation sites is 1. The number of carbonyl (C=O) groups is 2. The Morgan fingerprint density at radius 1 is 0.893 bits per heavy atom. The first kappa shape index (κ1) is 19.0. The predicted octanol–water partition coefficient (Wildman–Crippen LogP) is 1.71. The second-order valence-electron chi connectivity index (χ2n) is 5.89. The Kier molecular flexibility index (Phi) is 5.91. The van der Waals surface area contributed by atoms with Gasteiger partial charge in [0.05, 0.1) is 0 Å². The number of nitrogens with one attached hydrogen (secondary N) is 2. The zero-order valence-corrected chi connectivity index (χ0v) is 15.1. The fraction of sp³-hybridized carbons (Fsp3) is 0.150. The molecule has 0 aliphatic heterocycles. The maximum absolute atomic E-state index is 11.8. The van der Waals surface area contributed by atoms with Gasteiger partial charge in [0, 0.05) is 17.5 Å². The summed E-state index contributed by atoms with van der Waals surface area (Å²) in [4.78, 5) is 34.9. The van der Waals surface area contributed by atoms with E-state index < -0.39 is 17.4 Å². The van der Waals surface area contributed by atoms with Crippen LogP contribution in [0.5, 0.6) is 11.5 Å². The summed E-state index contributed by atoms with van der Waals surface area (Å²) in [5.41, 5.74) is 5.16. The van der Waals surface area contributed by atoms with Gasteiger partial charge in [-0.15, -0.1) is 0 Å². The van der Waals surface area contributed by atoms with Crippen molar-refractivity contribution in [3.63, 3.8) is 0 Å². The Hall–Kier alpha value is -3.81. The van der Waals surface area contributed by atoms with Crippen LogP contribution in [0, 0.1) is 6.92 Å². The van der Waals surface area contributed by atoms with Crippen LogP contribution < -0.4 is 26.0 Å². The lowest BCUT2D eigenvalue weighted by Gasteiger charge is -2.10. The van der Waals surface area contributed by atoms with Crippen LogP contribution in [0.15, 0.2) is 63.8 Å². The molecule has 28 heavy (non-hydrogen) atoms. The molecule has 8 heteroatoms. The van der Waals surface area contributed by atoms with Gasteiger partial charge in [0.1, 0.15) is 17.1 Å². The highest BCUT2D eigenvalue weighted by Crippen LogP contribution is 2.22. The van der Waals surface area contributed by atoms with Crippen molar-refractivity contribution < 1.29 is 23.5 Å². The molecule has 1 aromatic heterocycles. The number of carbonyl (C=O) groups excluding carboxylic acids is 2. The SMILES string of the molecule is Cc1cc(=O)oc2cc(OCC(=O)NNC(=O)COc3ccccc3)ccc12. The zero-order valence-electron chi connectivity index (χ0n) is 15.1. The quantitative estimate of drug-likeness (QED) is 0.496. The van der Waals surface area contributed by atoms with Gasteiger partial charge in [0.25, 0.3) is 11.8 Å². The van der Waals surface area contributed by atoms with Gasteiger partial charge in [-0.25, -0.2) is 4.79 Å². The number of amides is 2. The van der Waals surface area contributed by atoms with Gasteiger partial charge in [0.15, 0.2) is 13.2 Å². The van der Waals surface area contributed by atoms with Crippen LogP contribution in [0.2, 0.25) is 0 Å². The van der Waals surface area contributed by atoms with Crippen molar-refractivity contribution in [1.82, 2.24) is 10.9 Å². The van der Waals surface area contributed by atoms with Gasteiger partial charge in [-0.3, -0.25) is 20.4 Å². The first-order chi connectivity index (χ1) is 13.5. The minimum absolute atomic E-state index is 0.242. The van der Waals surface area contributed by atoms with Crippen molar-refractivity contribution in [1.29, 1.82) is 0 Å². The van der Waals surface area contributed by atoms with Crippen molar-refractivity contribution in [2.75, 3.05) is 13.2 Å². The largest absolute Gasteiger partial charge is 0.484 e. The van der Waals surface area contributed by atoms with E-state index in [9.17, 15) is 14.4 Å². The van der Waals surface area contributed by atoms with Crippen LogP contribution in [0.1, 0.15) is 5.56 Å². The summed E-state index contributed by atoms with van der Waals surface area (Å²) in [6.07, 6.45) is 0. The van der Waals surface area contributed by atoms with E-state index in [4.69, 9.17) is 13.9 Å². The smallest absolute Gasteiger partial charge is 0.336 e. The molecule has 2 N–H and O–H groups in total. The van der Waals surface area contributed by atoms with Crippen LogP contribution in [0.3, 0.4) is 0 Å². The Bertz CT molecular complexity index is 1050. The number of benzene rings is 2. The van der Waals surface area contributed by atoms with Gasteiger partial charge in [-0.1, -0.05) is 18.2 Å². The highest BCUT2D eigenvalue weighted by Gasteiger charge is 2.08. The third-order valence-electron chi connectivity index (χ3n) is 3.75. The maximum Gasteiger partial charge on any atom is 0.336 e. The van der Waals surface area contributed by atoms with E-state index in [0.717, 1.165) is 10.9 Å². The monoisotopic (exact) mass is 382 g/mol. The average molecular weight is 382 g/mol. The highest BCUT2D eigenvalue weighted by atomic mass is 16.5. The van der Waals surface area contributed by atoms with Crippen LogP contribution in [0.4, 0.5) is 0 Å².